The summed E-state index contributed by atoms with van der Waals surface area (Å²) in [5, 5.41) is 4.45. The van der Waals surface area contributed by atoms with Gasteiger partial charge in [-0.3, -0.25) is 9.36 Å². The van der Waals surface area contributed by atoms with Crippen molar-refractivity contribution in [3.8, 4) is 0 Å². The molecule has 0 unspecified atom stereocenters. The first-order chi connectivity index (χ1) is 14.4. The number of carbonyl (C=O) groups is 1. The first kappa shape index (κ1) is 20.0. The van der Waals surface area contributed by atoms with E-state index in [-0.39, 0.29) is 17.2 Å². The molecule has 1 aliphatic rings. The Balaban J connectivity index is 1.50. The average molecular weight is 412 g/mol. The van der Waals surface area contributed by atoms with E-state index in [2.05, 4.69) is 5.10 Å². The van der Waals surface area contributed by atoms with Crippen molar-refractivity contribution in [3.05, 3.63) is 87.6 Å². The van der Waals surface area contributed by atoms with Crippen molar-refractivity contribution < 1.29 is 13.6 Å². The molecule has 1 fully saturated rings. The summed E-state index contributed by atoms with van der Waals surface area (Å²) in [6.45, 7) is 1.29. The third kappa shape index (κ3) is 4.03. The van der Waals surface area contributed by atoms with E-state index in [1.54, 1.807) is 16.5 Å². The molecule has 30 heavy (non-hydrogen) atoms. The van der Waals surface area contributed by atoms with Crippen LogP contribution >= 0.6 is 0 Å². The van der Waals surface area contributed by atoms with Gasteiger partial charge in [0.25, 0.3) is 5.91 Å². The fourth-order valence-electron chi connectivity index (χ4n) is 3.94. The number of hydrogen-bond donors (Lipinski definition) is 0. The fourth-order valence-corrected chi connectivity index (χ4v) is 3.94. The van der Waals surface area contributed by atoms with Gasteiger partial charge >= 0.3 is 5.69 Å². The Bertz CT molecular complexity index is 1100. The number of amides is 1. The molecule has 2 aromatic carbocycles. The van der Waals surface area contributed by atoms with Gasteiger partial charge in [-0.25, -0.2) is 18.3 Å². The number of aryl methyl sites for hydroxylation is 1. The number of hydrogen-bond acceptors (Lipinski definition) is 3. The second kappa shape index (κ2) is 8.22. The zero-order chi connectivity index (χ0) is 21.3. The minimum atomic E-state index is -0.772. The summed E-state index contributed by atoms with van der Waals surface area (Å²) in [4.78, 5) is 26.8. The van der Waals surface area contributed by atoms with E-state index in [4.69, 9.17) is 0 Å². The zero-order valence-corrected chi connectivity index (χ0v) is 16.6. The summed E-state index contributed by atoms with van der Waals surface area (Å²) in [5.74, 6) is -1.21. The molecule has 1 aliphatic heterocycles. The minimum absolute atomic E-state index is 0.00442. The molecule has 0 N–H and O–H groups in total. The molecule has 8 heteroatoms. The molecule has 0 saturated carbocycles. The molecule has 1 aromatic heterocycles. The van der Waals surface area contributed by atoms with E-state index in [0.29, 0.717) is 38.3 Å². The maximum Gasteiger partial charge on any atom is 0.345 e. The molecule has 1 saturated heterocycles. The number of aromatic nitrogens is 3. The van der Waals surface area contributed by atoms with Crippen LogP contribution < -0.4 is 5.69 Å². The number of rotatable bonds is 4. The van der Waals surface area contributed by atoms with Crippen LogP contribution in [0, 0.1) is 11.6 Å². The van der Waals surface area contributed by atoms with Crippen molar-refractivity contribution >= 4 is 5.91 Å². The predicted molar refractivity (Wildman–Crippen MR) is 107 cm³/mol. The van der Waals surface area contributed by atoms with E-state index in [9.17, 15) is 18.4 Å². The van der Waals surface area contributed by atoms with Gasteiger partial charge in [-0.15, -0.1) is 0 Å². The molecule has 156 valence electrons. The maximum absolute atomic E-state index is 13.4. The Labute approximate surface area is 172 Å². The number of piperidine rings is 1. The van der Waals surface area contributed by atoms with Crippen LogP contribution in [0.2, 0.25) is 0 Å². The molecule has 1 amide bonds. The number of benzene rings is 2. The van der Waals surface area contributed by atoms with Crippen molar-refractivity contribution in [1.82, 2.24) is 19.2 Å². The van der Waals surface area contributed by atoms with Gasteiger partial charge < -0.3 is 4.90 Å². The topological polar surface area (TPSA) is 60.1 Å². The van der Waals surface area contributed by atoms with Gasteiger partial charge in [0.2, 0.25) is 0 Å². The first-order valence-corrected chi connectivity index (χ1v) is 9.85. The van der Waals surface area contributed by atoms with E-state index in [1.807, 2.05) is 30.3 Å². The summed E-state index contributed by atoms with van der Waals surface area (Å²) in [7, 11) is 1.63. The average Bonchev–Trinajstić information content (AvgIpc) is 3.02. The molecule has 4 rings (SSSR count). The molecule has 0 aliphatic carbocycles. The summed E-state index contributed by atoms with van der Waals surface area (Å²) in [6, 6.07) is 12.5. The summed E-state index contributed by atoms with van der Waals surface area (Å²) < 4.78 is 29.9. The van der Waals surface area contributed by atoms with Crippen LogP contribution in [-0.4, -0.2) is 38.2 Å². The van der Waals surface area contributed by atoms with Crippen molar-refractivity contribution in [2.75, 3.05) is 13.1 Å². The number of likely N-dealkylation sites (tertiary alicyclic amines) is 1. The number of nitrogens with zero attached hydrogens (tertiary/aromatic N) is 4. The predicted octanol–water partition coefficient (Wildman–Crippen LogP) is 2.93. The standard InChI is InChI=1S/C22H22F2N4O2/c1-26-22(30)28(14-15-5-3-2-4-6-15)20(25-26)16-7-9-27(10-8-16)21(29)17-11-18(23)13-19(24)12-17/h2-6,11-13,16H,7-10,14H2,1H3. The Morgan fingerprint density at radius 1 is 1.07 bits per heavy atom. The van der Waals surface area contributed by atoms with Gasteiger partial charge in [0, 0.05) is 37.7 Å². The van der Waals surface area contributed by atoms with Crippen molar-refractivity contribution in [2.45, 2.75) is 25.3 Å². The van der Waals surface area contributed by atoms with Gasteiger partial charge in [0.15, 0.2) is 0 Å². The number of halogens is 2. The molecule has 0 atom stereocenters. The molecule has 3 aromatic rings. The van der Waals surface area contributed by atoms with E-state index in [1.165, 1.54) is 4.68 Å². The summed E-state index contributed by atoms with van der Waals surface area (Å²) >= 11 is 0. The van der Waals surface area contributed by atoms with Crippen LogP contribution in [0.25, 0.3) is 0 Å². The quantitative estimate of drug-likeness (QED) is 0.662. The lowest BCUT2D eigenvalue weighted by molar-refractivity contribution is 0.0709. The molecular weight excluding hydrogens is 390 g/mol. The molecule has 0 spiro atoms. The van der Waals surface area contributed by atoms with E-state index in [0.717, 1.165) is 23.8 Å². The lowest BCUT2D eigenvalue weighted by Crippen LogP contribution is -2.38. The molecule has 0 bridgehead atoms. The SMILES string of the molecule is Cn1nc(C2CCN(C(=O)c3cc(F)cc(F)c3)CC2)n(Cc2ccccc2)c1=O. The Kier molecular flexibility index (Phi) is 5.48. The Hall–Kier alpha value is -3.29. The third-order valence-electron chi connectivity index (χ3n) is 5.48. The minimum Gasteiger partial charge on any atom is -0.339 e. The monoisotopic (exact) mass is 412 g/mol. The van der Waals surface area contributed by atoms with Gasteiger partial charge in [-0.05, 0) is 30.5 Å². The van der Waals surface area contributed by atoms with Crippen LogP contribution in [0.3, 0.4) is 0 Å². The second-order valence-electron chi connectivity index (χ2n) is 7.56. The molecular formula is C22H22F2N4O2. The maximum atomic E-state index is 13.4. The van der Waals surface area contributed by atoms with Crippen molar-refractivity contribution in [2.24, 2.45) is 7.05 Å². The normalized spacial score (nSPS) is 14.8. The largest absolute Gasteiger partial charge is 0.345 e. The second-order valence-corrected chi connectivity index (χ2v) is 7.56. The summed E-state index contributed by atoms with van der Waals surface area (Å²) in [6.07, 6.45) is 1.24. The van der Waals surface area contributed by atoms with Crippen molar-refractivity contribution in [3.63, 3.8) is 0 Å². The fraction of sp³-hybridized carbons (Fsp3) is 0.318. The Morgan fingerprint density at radius 2 is 1.70 bits per heavy atom. The highest BCUT2D eigenvalue weighted by atomic mass is 19.1. The highest BCUT2D eigenvalue weighted by molar-refractivity contribution is 5.94. The van der Waals surface area contributed by atoms with Gasteiger partial charge in [-0.2, -0.15) is 5.10 Å². The highest BCUT2D eigenvalue weighted by Gasteiger charge is 2.29. The number of carbonyl (C=O) groups excluding carboxylic acids is 1. The van der Waals surface area contributed by atoms with Gasteiger partial charge in [0.1, 0.15) is 17.5 Å². The van der Waals surface area contributed by atoms with Crippen molar-refractivity contribution in [1.29, 1.82) is 0 Å². The van der Waals surface area contributed by atoms with Gasteiger partial charge in [-0.1, -0.05) is 30.3 Å². The first-order valence-electron chi connectivity index (χ1n) is 9.85. The molecule has 6 nitrogen and oxygen atoms in total. The molecule has 2 heterocycles. The smallest absolute Gasteiger partial charge is 0.339 e. The van der Waals surface area contributed by atoms with Gasteiger partial charge in [0.05, 0.1) is 6.54 Å². The third-order valence-corrected chi connectivity index (χ3v) is 5.48. The van der Waals surface area contributed by atoms with Crippen LogP contribution in [0.1, 0.15) is 40.5 Å². The highest BCUT2D eigenvalue weighted by Crippen LogP contribution is 2.27. The van der Waals surface area contributed by atoms with Crippen LogP contribution in [0.5, 0.6) is 0 Å². The lowest BCUT2D eigenvalue weighted by atomic mass is 9.95. The lowest BCUT2D eigenvalue weighted by Gasteiger charge is -2.31. The van der Waals surface area contributed by atoms with Crippen LogP contribution in [0.15, 0.2) is 53.3 Å². The van der Waals surface area contributed by atoms with Crippen LogP contribution in [-0.2, 0) is 13.6 Å². The van der Waals surface area contributed by atoms with Crippen LogP contribution in [0.4, 0.5) is 8.78 Å². The van der Waals surface area contributed by atoms with E-state index < -0.39 is 17.5 Å². The zero-order valence-electron chi connectivity index (χ0n) is 16.6. The summed E-state index contributed by atoms with van der Waals surface area (Å²) in [5.41, 5.74) is 0.835. The Morgan fingerprint density at radius 3 is 2.33 bits per heavy atom. The van der Waals surface area contributed by atoms with E-state index >= 15 is 0 Å². The molecule has 0 radical (unpaired) electrons.